The fraction of sp³-hybridized carbons (Fsp3) is 0.385. The van der Waals surface area contributed by atoms with Crippen molar-refractivity contribution in [1.29, 1.82) is 5.26 Å². The first kappa shape index (κ1) is 14.5. The van der Waals surface area contributed by atoms with Crippen molar-refractivity contribution in [3.05, 3.63) is 29.8 Å². The molecule has 1 fully saturated rings. The van der Waals surface area contributed by atoms with Crippen molar-refractivity contribution >= 4 is 16.0 Å². The molecule has 1 atom stereocenters. The van der Waals surface area contributed by atoms with Gasteiger partial charge in [0.15, 0.2) is 0 Å². The van der Waals surface area contributed by atoms with Gasteiger partial charge in [-0.15, -0.1) is 0 Å². The fourth-order valence-electron chi connectivity index (χ4n) is 2.18. The summed E-state index contributed by atoms with van der Waals surface area (Å²) < 4.78 is 30.7. The lowest BCUT2D eigenvalue weighted by Gasteiger charge is -2.16. The van der Waals surface area contributed by atoms with Gasteiger partial charge in [-0.25, -0.2) is 8.42 Å². The number of nitrogens with zero attached hydrogens (tertiary/aromatic N) is 2. The zero-order valence-corrected chi connectivity index (χ0v) is 11.8. The van der Waals surface area contributed by atoms with Gasteiger partial charge < -0.3 is 4.74 Å². The smallest absolute Gasteiger partial charge is 0.310 e. The van der Waals surface area contributed by atoms with Crippen molar-refractivity contribution in [3.8, 4) is 6.07 Å². The molecule has 1 heterocycles. The number of hydrogen-bond donors (Lipinski definition) is 0. The topological polar surface area (TPSA) is 87.5 Å². The second-order valence-corrected chi connectivity index (χ2v) is 6.45. The van der Waals surface area contributed by atoms with E-state index >= 15 is 0 Å². The maximum Gasteiger partial charge on any atom is 0.310 e. The third-order valence-electron chi connectivity index (χ3n) is 3.29. The summed E-state index contributed by atoms with van der Waals surface area (Å²) in [6, 6.07) is 7.76. The van der Waals surface area contributed by atoms with E-state index in [1.54, 1.807) is 6.07 Å². The Kier molecular flexibility index (Phi) is 4.06. The van der Waals surface area contributed by atoms with Gasteiger partial charge in [-0.2, -0.15) is 9.57 Å². The van der Waals surface area contributed by atoms with Crippen LogP contribution in [0.5, 0.6) is 0 Å². The Labute approximate surface area is 117 Å². The summed E-state index contributed by atoms with van der Waals surface area (Å²) >= 11 is 0. The van der Waals surface area contributed by atoms with Crippen LogP contribution in [0.1, 0.15) is 12.0 Å². The van der Waals surface area contributed by atoms with Crippen molar-refractivity contribution < 1.29 is 17.9 Å². The van der Waals surface area contributed by atoms with Crippen molar-refractivity contribution in [2.24, 2.45) is 5.92 Å². The predicted molar refractivity (Wildman–Crippen MR) is 70.0 cm³/mol. The number of benzene rings is 1. The summed E-state index contributed by atoms with van der Waals surface area (Å²) in [5.41, 5.74) is 0.287. The molecule has 7 heteroatoms. The number of methoxy groups -OCH3 is 1. The third-order valence-corrected chi connectivity index (χ3v) is 5.15. The summed E-state index contributed by atoms with van der Waals surface area (Å²) in [6.07, 6.45) is 0.448. The number of ether oxygens (including phenoxy) is 1. The summed E-state index contributed by atoms with van der Waals surface area (Å²) in [4.78, 5) is 11.5. The Morgan fingerprint density at radius 3 is 2.90 bits per heavy atom. The molecule has 1 unspecified atom stereocenters. The molecule has 0 radical (unpaired) electrons. The van der Waals surface area contributed by atoms with Crippen LogP contribution in [0.15, 0.2) is 29.2 Å². The molecular weight excluding hydrogens is 280 g/mol. The molecule has 1 aliphatic heterocycles. The van der Waals surface area contributed by atoms with E-state index in [2.05, 4.69) is 4.74 Å². The van der Waals surface area contributed by atoms with Crippen LogP contribution in [0.2, 0.25) is 0 Å². The summed E-state index contributed by atoms with van der Waals surface area (Å²) in [5, 5.41) is 8.82. The first-order valence-corrected chi connectivity index (χ1v) is 7.51. The van der Waals surface area contributed by atoms with Crippen LogP contribution >= 0.6 is 0 Å². The summed E-state index contributed by atoms with van der Waals surface area (Å²) in [7, 11) is -2.38. The van der Waals surface area contributed by atoms with Gasteiger partial charge in [-0.05, 0) is 24.6 Å². The van der Waals surface area contributed by atoms with E-state index in [0.29, 0.717) is 6.42 Å². The number of hydrogen-bond acceptors (Lipinski definition) is 5. The highest BCUT2D eigenvalue weighted by atomic mass is 32.2. The van der Waals surface area contributed by atoms with Gasteiger partial charge in [0.05, 0.1) is 29.6 Å². The molecule has 0 spiro atoms. The van der Waals surface area contributed by atoms with Crippen molar-refractivity contribution in [2.75, 3.05) is 20.2 Å². The SMILES string of the molecule is COC(=O)C1CCN(S(=O)(=O)c2cccc(C#N)c2)C1. The maximum atomic E-state index is 12.4. The van der Waals surface area contributed by atoms with Crippen LogP contribution in [-0.2, 0) is 19.6 Å². The highest BCUT2D eigenvalue weighted by Gasteiger charge is 2.36. The zero-order chi connectivity index (χ0) is 14.8. The molecule has 2 rings (SSSR count). The zero-order valence-electron chi connectivity index (χ0n) is 10.9. The molecule has 106 valence electrons. The van der Waals surface area contributed by atoms with Crippen LogP contribution < -0.4 is 0 Å². The highest BCUT2D eigenvalue weighted by Crippen LogP contribution is 2.25. The number of esters is 1. The van der Waals surface area contributed by atoms with Gasteiger partial charge in [-0.1, -0.05) is 6.07 Å². The molecule has 0 saturated carbocycles. The van der Waals surface area contributed by atoms with E-state index < -0.39 is 21.9 Å². The van der Waals surface area contributed by atoms with Crippen molar-refractivity contribution in [2.45, 2.75) is 11.3 Å². The van der Waals surface area contributed by atoms with Gasteiger partial charge in [0.1, 0.15) is 0 Å². The van der Waals surface area contributed by atoms with Crippen LogP contribution in [0.25, 0.3) is 0 Å². The molecule has 0 amide bonds. The molecule has 1 aliphatic rings. The number of rotatable bonds is 3. The Balaban J connectivity index is 2.24. The van der Waals surface area contributed by atoms with E-state index in [0.717, 1.165) is 0 Å². The average molecular weight is 294 g/mol. The molecule has 1 aromatic rings. The lowest BCUT2D eigenvalue weighted by atomic mass is 10.1. The molecule has 1 saturated heterocycles. The van der Waals surface area contributed by atoms with E-state index in [1.165, 1.54) is 29.6 Å². The summed E-state index contributed by atoms with van der Waals surface area (Å²) in [6.45, 7) is 0.394. The molecule has 0 aliphatic carbocycles. The molecular formula is C13H14N2O4S. The number of carbonyl (C=O) groups excluding carboxylic acids is 1. The molecule has 0 bridgehead atoms. The first-order valence-electron chi connectivity index (χ1n) is 6.07. The molecule has 6 nitrogen and oxygen atoms in total. The standard InChI is InChI=1S/C13H14N2O4S/c1-19-13(16)11-5-6-15(9-11)20(17,18)12-4-2-3-10(7-12)8-14/h2-4,7,11H,5-6,9H2,1H3. The second-order valence-electron chi connectivity index (χ2n) is 4.51. The lowest BCUT2D eigenvalue weighted by molar-refractivity contribution is -0.144. The van der Waals surface area contributed by atoms with Crippen molar-refractivity contribution in [3.63, 3.8) is 0 Å². The van der Waals surface area contributed by atoms with Gasteiger partial charge >= 0.3 is 5.97 Å². The molecule has 1 aromatic carbocycles. The van der Waals surface area contributed by atoms with Gasteiger partial charge in [-0.3, -0.25) is 4.79 Å². The maximum absolute atomic E-state index is 12.4. The quantitative estimate of drug-likeness (QED) is 0.767. The second kappa shape index (κ2) is 5.61. The van der Waals surface area contributed by atoms with Crippen molar-refractivity contribution in [1.82, 2.24) is 4.31 Å². The van der Waals surface area contributed by atoms with E-state index in [9.17, 15) is 13.2 Å². The van der Waals surface area contributed by atoms with E-state index in [1.807, 2.05) is 6.07 Å². The number of sulfonamides is 1. The predicted octanol–water partition coefficient (Wildman–Crippen LogP) is 0.742. The number of nitriles is 1. The Morgan fingerprint density at radius 2 is 2.25 bits per heavy atom. The Bertz CT molecular complexity index is 663. The largest absolute Gasteiger partial charge is 0.469 e. The molecule has 0 N–H and O–H groups in total. The minimum Gasteiger partial charge on any atom is -0.469 e. The first-order chi connectivity index (χ1) is 9.48. The van der Waals surface area contributed by atoms with Gasteiger partial charge in [0.25, 0.3) is 0 Å². The summed E-state index contributed by atoms with van der Waals surface area (Å²) in [5.74, 6) is -0.817. The monoisotopic (exact) mass is 294 g/mol. The lowest BCUT2D eigenvalue weighted by Crippen LogP contribution is -2.30. The molecule has 0 aromatic heterocycles. The van der Waals surface area contributed by atoms with Crippen LogP contribution in [-0.4, -0.2) is 38.9 Å². The highest BCUT2D eigenvalue weighted by molar-refractivity contribution is 7.89. The Hall–Kier alpha value is -1.91. The van der Waals surface area contributed by atoms with Gasteiger partial charge in [0.2, 0.25) is 10.0 Å². The third kappa shape index (κ3) is 2.66. The Morgan fingerprint density at radius 1 is 1.50 bits per heavy atom. The van der Waals surface area contributed by atoms with Gasteiger partial charge in [0, 0.05) is 13.1 Å². The number of carbonyl (C=O) groups is 1. The van der Waals surface area contributed by atoms with Crippen LogP contribution in [0, 0.1) is 17.2 Å². The van der Waals surface area contributed by atoms with Crippen LogP contribution in [0.3, 0.4) is 0 Å². The minimum atomic E-state index is -3.67. The normalized spacial score (nSPS) is 19.5. The molecule has 20 heavy (non-hydrogen) atoms. The van der Waals surface area contributed by atoms with E-state index in [4.69, 9.17) is 5.26 Å². The average Bonchev–Trinajstić information content (AvgIpc) is 2.97. The minimum absolute atomic E-state index is 0.0714. The van der Waals surface area contributed by atoms with Crippen LogP contribution in [0.4, 0.5) is 0 Å². The van der Waals surface area contributed by atoms with E-state index in [-0.39, 0.29) is 23.5 Å². The fourth-order valence-corrected chi connectivity index (χ4v) is 3.73.